The van der Waals surface area contributed by atoms with E-state index >= 15 is 0 Å². The Bertz CT molecular complexity index is 985. The average molecular weight is 382 g/mol. The normalized spacial score (nSPS) is 22.9. The molecule has 0 amide bonds. The molecule has 27 heavy (non-hydrogen) atoms. The van der Waals surface area contributed by atoms with E-state index in [1.165, 1.54) is 0 Å². The summed E-state index contributed by atoms with van der Waals surface area (Å²) in [5, 5.41) is 35.7. The van der Waals surface area contributed by atoms with E-state index in [0.717, 1.165) is 54.3 Å². The molecule has 2 saturated carbocycles. The summed E-state index contributed by atoms with van der Waals surface area (Å²) in [7, 11) is 0. The van der Waals surface area contributed by atoms with Gasteiger partial charge in [-0.15, -0.1) is 21.5 Å². The number of phenols is 1. The number of nitrogens with one attached hydrogen (secondary N) is 1. The maximum absolute atomic E-state index is 10.7. The van der Waals surface area contributed by atoms with Crippen molar-refractivity contribution in [2.45, 2.75) is 56.6 Å². The lowest BCUT2D eigenvalue weighted by Gasteiger charge is -2.28. The monoisotopic (exact) mass is 382 g/mol. The molecule has 0 aliphatic heterocycles. The zero-order valence-corrected chi connectivity index (χ0v) is 15.7. The van der Waals surface area contributed by atoms with E-state index in [2.05, 4.69) is 15.5 Å². The van der Waals surface area contributed by atoms with E-state index in [1.54, 1.807) is 11.3 Å². The molecule has 5 rings (SSSR count). The maximum Gasteiger partial charge on any atom is 0.243 e. The minimum Gasteiger partial charge on any atom is -0.507 e. The fourth-order valence-corrected chi connectivity index (χ4v) is 4.69. The number of nitrogens with zero attached hydrogens (tertiary/aromatic N) is 3. The number of fused-ring (bicyclic) bond motifs is 1. The van der Waals surface area contributed by atoms with E-state index in [0.29, 0.717) is 23.1 Å². The number of thiophene rings is 1. The third kappa shape index (κ3) is 3.15. The van der Waals surface area contributed by atoms with E-state index in [9.17, 15) is 10.2 Å². The number of hydrogen-bond acceptors (Lipinski definition) is 7. The molecule has 2 aliphatic carbocycles. The Morgan fingerprint density at radius 2 is 1.89 bits per heavy atom. The summed E-state index contributed by atoms with van der Waals surface area (Å²) < 4.78 is 1.05. The first-order valence-corrected chi connectivity index (χ1v) is 10.5. The fourth-order valence-electron chi connectivity index (χ4n) is 3.90. The third-order valence-corrected chi connectivity index (χ3v) is 6.47. The summed E-state index contributed by atoms with van der Waals surface area (Å²) in [6, 6.07) is 5.83. The molecule has 2 atom stereocenters. The van der Waals surface area contributed by atoms with E-state index in [-0.39, 0.29) is 17.9 Å². The second-order valence-corrected chi connectivity index (χ2v) is 8.49. The van der Waals surface area contributed by atoms with Gasteiger partial charge < -0.3 is 15.5 Å². The van der Waals surface area contributed by atoms with Crippen LogP contribution in [0.3, 0.4) is 0 Å². The molecule has 0 bridgehead atoms. The van der Waals surface area contributed by atoms with Crippen LogP contribution in [0.5, 0.6) is 5.75 Å². The first-order chi connectivity index (χ1) is 13.2. The van der Waals surface area contributed by atoms with Crippen LogP contribution in [0.25, 0.3) is 21.3 Å². The van der Waals surface area contributed by atoms with Crippen molar-refractivity contribution in [1.29, 1.82) is 0 Å². The number of hydrogen-bond donors (Lipinski definition) is 3. The van der Waals surface area contributed by atoms with Crippen LogP contribution < -0.4 is 5.32 Å². The van der Waals surface area contributed by atoms with Gasteiger partial charge in [-0.05, 0) is 49.3 Å². The summed E-state index contributed by atoms with van der Waals surface area (Å²) in [5.74, 6) is 1.09. The van der Waals surface area contributed by atoms with Crippen molar-refractivity contribution < 1.29 is 10.2 Å². The lowest BCUT2D eigenvalue weighted by atomic mass is 9.93. The van der Waals surface area contributed by atoms with Crippen molar-refractivity contribution in [2.75, 3.05) is 5.32 Å². The van der Waals surface area contributed by atoms with Gasteiger partial charge in [-0.2, -0.15) is 0 Å². The lowest BCUT2D eigenvalue weighted by molar-refractivity contribution is 0.116. The van der Waals surface area contributed by atoms with Crippen molar-refractivity contribution in [3.05, 3.63) is 29.3 Å². The molecule has 0 saturated heterocycles. The van der Waals surface area contributed by atoms with Crippen molar-refractivity contribution in [3.63, 3.8) is 0 Å². The predicted molar refractivity (Wildman–Crippen MR) is 106 cm³/mol. The molecule has 7 heteroatoms. The quantitative estimate of drug-likeness (QED) is 0.630. The second-order valence-electron chi connectivity index (χ2n) is 7.54. The van der Waals surface area contributed by atoms with Crippen LogP contribution in [0.4, 0.5) is 5.95 Å². The Balaban J connectivity index is 1.52. The fraction of sp³-hybridized carbons (Fsp3) is 0.450. The third-order valence-electron chi connectivity index (χ3n) is 5.58. The molecule has 2 heterocycles. The molecule has 6 nitrogen and oxygen atoms in total. The van der Waals surface area contributed by atoms with Crippen LogP contribution in [0.15, 0.2) is 23.6 Å². The predicted octanol–water partition coefficient (Wildman–Crippen LogP) is 4.05. The summed E-state index contributed by atoms with van der Waals surface area (Å²) in [6.45, 7) is 0. The van der Waals surface area contributed by atoms with Gasteiger partial charge in [-0.1, -0.05) is 12.8 Å². The topological polar surface area (TPSA) is 91.2 Å². The van der Waals surface area contributed by atoms with Gasteiger partial charge in [-0.3, -0.25) is 0 Å². The van der Waals surface area contributed by atoms with Gasteiger partial charge in [-0.25, -0.2) is 4.98 Å². The standard InChI is InChI=1S/C20H22N4O2S/c25-15-4-2-1-3-14(15)21-20-22-17(11-5-6-11)18(23-24-20)13-7-8-16-12(19(13)26)9-10-27-16/h7-11,14-15,25-26H,1-6H2,(H,21,22,24)/t14-,15-/m1/s1. The zero-order valence-electron chi connectivity index (χ0n) is 14.9. The van der Waals surface area contributed by atoms with E-state index < -0.39 is 0 Å². The van der Waals surface area contributed by atoms with Crippen LogP contribution >= 0.6 is 11.3 Å². The van der Waals surface area contributed by atoms with Gasteiger partial charge in [0.25, 0.3) is 0 Å². The van der Waals surface area contributed by atoms with Crippen LogP contribution in [0.2, 0.25) is 0 Å². The van der Waals surface area contributed by atoms with E-state index in [4.69, 9.17) is 4.98 Å². The zero-order chi connectivity index (χ0) is 18.4. The molecule has 3 aromatic rings. The number of benzene rings is 1. The summed E-state index contributed by atoms with van der Waals surface area (Å²) in [5.41, 5.74) is 2.24. The van der Waals surface area contributed by atoms with Gasteiger partial charge >= 0.3 is 0 Å². The number of aliphatic hydroxyl groups is 1. The number of anilines is 1. The average Bonchev–Trinajstić information content (AvgIpc) is 3.41. The molecule has 0 spiro atoms. The number of phenolic OH excluding ortho intramolecular Hbond substituents is 1. The maximum atomic E-state index is 10.7. The molecule has 140 valence electrons. The molecular formula is C20H22N4O2S. The molecular weight excluding hydrogens is 360 g/mol. The SMILES string of the molecule is Oc1c(-c2nnc(N[C@@H]3CCCC[C@H]3O)nc2C2CC2)ccc2sccc12. The molecule has 0 unspecified atom stereocenters. The first kappa shape index (κ1) is 16.9. The van der Waals surface area contributed by atoms with Crippen LogP contribution in [0, 0.1) is 0 Å². The second kappa shape index (κ2) is 6.73. The Kier molecular flexibility index (Phi) is 4.21. The van der Waals surface area contributed by atoms with Gasteiger partial charge in [0, 0.05) is 21.6 Å². The first-order valence-electron chi connectivity index (χ1n) is 9.59. The highest BCUT2D eigenvalue weighted by Gasteiger charge is 2.31. The Morgan fingerprint density at radius 1 is 1.04 bits per heavy atom. The molecule has 0 radical (unpaired) electrons. The minimum absolute atomic E-state index is 0.0194. The van der Waals surface area contributed by atoms with Crippen molar-refractivity contribution in [3.8, 4) is 17.0 Å². The van der Waals surface area contributed by atoms with Gasteiger partial charge in [0.05, 0.1) is 17.8 Å². The molecule has 2 fully saturated rings. The molecule has 2 aromatic heterocycles. The lowest BCUT2D eigenvalue weighted by Crippen LogP contribution is -2.37. The molecule has 1 aromatic carbocycles. The van der Waals surface area contributed by atoms with Gasteiger partial charge in [0.15, 0.2) is 0 Å². The highest BCUT2D eigenvalue weighted by Crippen LogP contribution is 2.45. The largest absolute Gasteiger partial charge is 0.507 e. The van der Waals surface area contributed by atoms with Crippen LogP contribution in [-0.4, -0.2) is 37.5 Å². The number of aromatic hydroxyl groups is 1. The summed E-state index contributed by atoms with van der Waals surface area (Å²) >= 11 is 1.60. The van der Waals surface area contributed by atoms with E-state index in [1.807, 2.05) is 23.6 Å². The highest BCUT2D eigenvalue weighted by molar-refractivity contribution is 7.17. The molecule has 2 aliphatic rings. The Morgan fingerprint density at radius 3 is 2.70 bits per heavy atom. The van der Waals surface area contributed by atoms with Crippen LogP contribution in [0.1, 0.15) is 50.1 Å². The summed E-state index contributed by atoms with van der Waals surface area (Å²) in [6.07, 6.45) is 5.70. The van der Waals surface area contributed by atoms with Crippen molar-refractivity contribution in [1.82, 2.24) is 15.2 Å². The Labute approximate surface area is 161 Å². The van der Waals surface area contributed by atoms with Crippen molar-refractivity contribution >= 4 is 27.4 Å². The Hall–Kier alpha value is -2.25. The highest BCUT2D eigenvalue weighted by atomic mass is 32.1. The van der Waals surface area contributed by atoms with Gasteiger partial charge in [0.2, 0.25) is 5.95 Å². The smallest absolute Gasteiger partial charge is 0.243 e. The van der Waals surface area contributed by atoms with Crippen molar-refractivity contribution in [2.24, 2.45) is 0 Å². The number of rotatable bonds is 4. The van der Waals surface area contributed by atoms with Gasteiger partial charge in [0.1, 0.15) is 11.4 Å². The number of aliphatic hydroxyl groups excluding tert-OH is 1. The molecule has 3 N–H and O–H groups in total. The minimum atomic E-state index is -0.364. The number of aromatic nitrogens is 3. The summed E-state index contributed by atoms with van der Waals surface area (Å²) in [4.78, 5) is 4.74. The van der Waals surface area contributed by atoms with Crippen LogP contribution in [-0.2, 0) is 0 Å².